The number of methoxy groups -OCH3 is 1. The van der Waals surface area contributed by atoms with Gasteiger partial charge in [-0.05, 0) is 20.8 Å². The Bertz CT molecular complexity index is 151. The van der Waals surface area contributed by atoms with E-state index in [9.17, 15) is 4.79 Å². The van der Waals surface area contributed by atoms with Crippen LogP contribution >= 0.6 is 15.9 Å². The molecule has 0 N–H and O–H groups in total. The van der Waals surface area contributed by atoms with E-state index in [2.05, 4.69) is 15.9 Å². The highest BCUT2D eigenvalue weighted by atomic mass is 79.9. The van der Waals surface area contributed by atoms with E-state index in [-0.39, 0.29) is 10.3 Å². The van der Waals surface area contributed by atoms with Gasteiger partial charge in [-0.2, -0.15) is 0 Å². The first-order valence-corrected chi connectivity index (χ1v) is 4.54. The quantitative estimate of drug-likeness (QED) is 0.553. The number of carbonyl (C=O) groups excluding carboxylic acids is 1. The number of rotatable bonds is 4. The van der Waals surface area contributed by atoms with Gasteiger partial charge in [0.05, 0.1) is 4.32 Å². The predicted octanol–water partition coefficient (Wildman–Crippen LogP) is 1.74. The molecule has 0 aromatic carbocycles. The third kappa shape index (κ3) is 5.55. The average molecular weight is 239 g/mol. The Hall–Kier alpha value is -0.0900. The lowest BCUT2D eigenvalue weighted by molar-refractivity contribution is -0.154. The normalized spacial score (nSPS) is 14.1. The summed E-state index contributed by atoms with van der Waals surface area (Å²) < 4.78 is 9.57. The van der Waals surface area contributed by atoms with E-state index in [0.29, 0.717) is 6.61 Å². The van der Waals surface area contributed by atoms with Crippen LogP contribution in [0, 0.1) is 0 Å². The van der Waals surface area contributed by atoms with Crippen LogP contribution in [0.5, 0.6) is 0 Å². The minimum absolute atomic E-state index is 0.171. The van der Waals surface area contributed by atoms with Gasteiger partial charge in [-0.3, -0.25) is 0 Å². The third-order valence-corrected chi connectivity index (χ3v) is 1.47. The molecular weight excluding hydrogens is 224 g/mol. The maximum atomic E-state index is 11.1. The molecule has 0 aliphatic carbocycles. The standard InChI is InChI=1S/C8H15BrO3/c1-6(11-4)7(10)12-5-8(2,3)9/h6H,5H2,1-4H3. The van der Waals surface area contributed by atoms with Gasteiger partial charge in [0.1, 0.15) is 6.61 Å². The number of hydrogen-bond donors (Lipinski definition) is 0. The summed E-state index contributed by atoms with van der Waals surface area (Å²) in [5, 5.41) is 0. The van der Waals surface area contributed by atoms with Gasteiger partial charge < -0.3 is 9.47 Å². The second-order valence-electron chi connectivity index (χ2n) is 3.20. The lowest BCUT2D eigenvalue weighted by Crippen LogP contribution is -2.27. The molecule has 4 heteroatoms. The van der Waals surface area contributed by atoms with Crippen molar-refractivity contribution in [2.45, 2.75) is 31.2 Å². The first kappa shape index (κ1) is 11.9. The van der Waals surface area contributed by atoms with E-state index < -0.39 is 6.10 Å². The SMILES string of the molecule is COC(C)C(=O)OCC(C)(C)Br. The lowest BCUT2D eigenvalue weighted by Gasteiger charge is -2.17. The Morgan fingerprint density at radius 3 is 2.42 bits per heavy atom. The maximum absolute atomic E-state index is 11.1. The van der Waals surface area contributed by atoms with Gasteiger partial charge >= 0.3 is 5.97 Å². The molecule has 0 aromatic heterocycles. The summed E-state index contributed by atoms with van der Waals surface area (Å²) in [6.07, 6.45) is -0.486. The summed E-state index contributed by atoms with van der Waals surface area (Å²) in [6.45, 7) is 5.86. The first-order valence-electron chi connectivity index (χ1n) is 3.75. The highest BCUT2D eigenvalue weighted by Gasteiger charge is 2.19. The predicted molar refractivity (Wildman–Crippen MR) is 50.4 cm³/mol. The van der Waals surface area contributed by atoms with Crippen molar-refractivity contribution in [3.8, 4) is 0 Å². The van der Waals surface area contributed by atoms with E-state index in [1.807, 2.05) is 13.8 Å². The molecule has 0 aromatic rings. The van der Waals surface area contributed by atoms with Gasteiger partial charge in [0.15, 0.2) is 6.10 Å². The van der Waals surface area contributed by atoms with E-state index in [4.69, 9.17) is 9.47 Å². The molecule has 0 saturated carbocycles. The zero-order chi connectivity index (χ0) is 9.78. The van der Waals surface area contributed by atoms with Crippen LogP contribution in [0.3, 0.4) is 0 Å². The van der Waals surface area contributed by atoms with Crippen molar-refractivity contribution in [2.75, 3.05) is 13.7 Å². The third-order valence-electron chi connectivity index (χ3n) is 1.24. The van der Waals surface area contributed by atoms with Gasteiger partial charge in [-0.15, -0.1) is 0 Å². The Balaban J connectivity index is 3.72. The van der Waals surface area contributed by atoms with E-state index in [0.717, 1.165) is 0 Å². The number of hydrogen-bond acceptors (Lipinski definition) is 3. The molecule has 0 bridgehead atoms. The van der Waals surface area contributed by atoms with Gasteiger partial charge in [0, 0.05) is 7.11 Å². The van der Waals surface area contributed by atoms with Crippen LogP contribution in [0.2, 0.25) is 0 Å². The van der Waals surface area contributed by atoms with Gasteiger partial charge in [0.2, 0.25) is 0 Å². The van der Waals surface area contributed by atoms with Crippen LogP contribution in [-0.4, -0.2) is 30.1 Å². The van der Waals surface area contributed by atoms with Crippen molar-refractivity contribution < 1.29 is 14.3 Å². The summed E-state index contributed by atoms with van der Waals surface area (Å²) in [6, 6.07) is 0. The van der Waals surface area contributed by atoms with Gasteiger partial charge in [-0.1, -0.05) is 15.9 Å². The fraction of sp³-hybridized carbons (Fsp3) is 0.875. The van der Waals surface area contributed by atoms with Crippen molar-refractivity contribution in [3.63, 3.8) is 0 Å². The number of esters is 1. The highest BCUT2D eigenvalue weighted by Crippen LogP contribution is 2.15. The van der Waals surface area contributed by atoms with Crippen molar-refractivity contribution in [2.24, 2.45) is 0 Å². The van der Waals surface area contributed by atoms with Crippen molar-refractivity contribution in [3.05, 3.63) is 0 Å². The number of alkyl halides is 1. The molecule has 3 nitrogen and oxygen atoms in total. The fourth-order valence-corrected chi connectivity index (χ4v) is 0.571. The summed E-state index contributed by atoms with van der Waals surface area (Å²) in [7, 11) is 1.48. The van der Waals surface area contributed by atoms with Crippen LogP contribution in [0.1, 0.15) is 20.8 Å². The zero-order valence-corrected chi connectivity index (χ0v) is 9.47. The minimum atomic E-state index is -0.486. The second kappa shape index (κ2) is 4.82. The summed E-state index contributed by atoms with van der Waals surface area (Å²) in [4.78, 5) is 11.1. The van der Waals surface area contributed by atoms with Crippen LogP contribution in [0.25, 0.3) is 0 Å². The lowest BCUT2D eigenvalue weighted by atomic mass is 10.2. The monoisotopic (exact) mass is 238 g/mol. The van der Waals surface area contributed by atoms with Crippen molar-refractivity contribution in [1.82, 2.24) is 0 Å². The highest BCUT2D eigenvalue weighted by molar-refractivity contribution is 9.10. The molecule has 72 valence electrons. The first-order chi connectivity index (χ1) is 5.37. The van der Waals surface area contributed by atoms with E-state index in [1.165, 1.54) is 7.11 Å². The second-order valence-corrected chi connectivity index (χ2v) is 5.35. The Labute approximate surface area is 81.6 Å². The Kier molecular flexibility index (Phi) is 4.78. The minimum Gasteiger partial charge on any atom is -0.462 e. The van der Waals surface area contributed by atoms with Crippen LogP contribution < -0.4 is 0 Å². The molecule has 0 rings (SSSR count). The molecule has 0 amide bonds. The Morgan fingerprint density at radius 2 is 2.08 bits per heavy atom. The van der Waals surface area contributed by atoms with E-state index in [1.54, 1.807) is 6.92 Å². The largest absolute Gasteiger partial charge is 0.462 e. The van der Waals surface area contributed by atoms with Crippen LogP contribution in [0.4, 0.5) is 0 Å². The molecule has 0 spiro atoms. The van der Waals surface area contributed by atoms with E-state index >= 15 is 0 Å². The number of halogens is 1. The number of carbonyl (C=O) groups is 1. The van der Waals surface area contributed by atoms with Crippen molar-refractivity contribution >= 4 is 21.9 Å². The molecule has 0 aliphatic rings. The van der Waals surface area contributed by atoms with Gasteiger partial charge in [0.25, 0.3) is 0 Å². The Morgan fingerprint density at radius 1 is 1.58 bits per heavy atom. The molecular formula is C8H15BrO3. The molecule has 1 atom stereocenters. The zero-order valence-electron chi connectivity index (χ0n) is 7.89. The molecule has 0 radical (unpaired) electrons. The van der Waals surface area contributed by atoms with Crippen molar-refractivity contribution in [1.29, 1.82) is 0 Å². The molecule has 1 unspecified atom stereocenters. The summed E-state index contributed by atoms with van der Waals surface area (Å²) in [5.41, 5.74) is 0. The van der Waals surface area contributed by atoms with Gasteiger partial charge in [-0.25, -0.2) is 4.79 Å². The average Bonchev–Trinajstić information content (AvgIpc) is 1.97. The fourth-order valence-electron chi connectivity index (χ4n) is 0.456. The summed E-state index contributed by atoms with van der Waals surface area (Å²) in [5.74, 6) is -0.329. The molecule has 0 heterocycles. The molecule has 0 aliphatic heterocycles. The van der Waals surface area contributed by atoms with Crippen LogP contribution in [0.15, 0.2) is 0 Å². The maximum Gasteiger partial charge on any atom is 0.334 e. The number of ether oxygens (including phenoxy) is 2. The topological polar surface area (TPSA) is 35.5 Å². The summed E-state index contributed by atoms with van der Waals surface area (Å²) >= 11 is 3.36. The smallest absolute Gasteiger partial charge is 0.334 e. The molecule has 0 fully saturated rings. The van der Waals surface area contributed by atoms with Crippen LogP contribution in [-0.2, 0) is 14.3 Å². The molecule has 0 saturated heterocycles. The molecule has 12 heavy (non-hydrogen) atoms.